The summed E-state index contributed by atoms with van der Waals surface area (Å²) in [6.07, 6.45) is 0. The van der Waals surface area contributed by atoms with E-state index >= 15 is 0 Å². The zero-order valence-electron chi connectivity index (χ0n) is 11.9. The van der Waals surface area contributed by atoms with Crippen LogP contribution in [0.3, 0.4) is 0 Å². The zero-order valence-corrected chi connectivity index (χ0v) is 13.6. The fourth-order valence-electron chi connectivity index (χ4n) is 1.88. The van der Waals surface area contributed by atoms with Gasteiger partial charge < -0.3 is 10.5 Å². The number of methoxy groups -OCH3 is 1. The van der Waals surface area contributed by atoms with Gasteiger partial charge >= 0.3 is 0 Å². The lowest BCUT2D eigenvalue weighted by Gasteiger charge is -2.11. The Balaban J connectivity index is 2.26. The van der Waals surface area contributed by atoms with E-state index in [0.29, 0.717) is 5.75 Å². The number of thiophene rings is 1. The standard InChI is InChI=1S/C14H18N2O3S2/c1-10-3-5-12(20-10)9-16-21(17,18)14-7-11(8-15)4-6-13(14)19-2/h3-7,16H,8-9,15H2,1-2H3. The molecule has 2 rings (SSSR count). The lowest BCUT2D eigenvalue weighted by molar-refractivity contribution is 0.402. The number of hydrogen-bond donors (Lipinski definition) is 2. The number of sulfonamides is 1. The number of nitrogens with one attached hydrogen (secondary N) is 1. The lowest BCUT2D eigenvalue weighted by atomic mass is 10.2. The second-order valence-electron chi connectivity index (χ2n) is 4.53. The van der Waals surface area contributed by atoms with Crippen LogP contribution in [0.4, 0.5) is 0 Å². The molecule has 5 nitrogen and oxygen atoms in total. The molecule has 0 aliphatic rings. The van der Waals surface area contributed by atoms with Gasteiger partial charge in [-0.3, -0.25) is 0 Å². The van der Waals surface area contributed by atoms with E-state index in [0.717, 1.165) is 15.3 Å². The molecule has 1 aromatic heterocycles. The molecule has 0 fully saturated rings. The van der Waals surface area contributed by atoms with Crippen LogP contribution in [-0.2, 0) is 23.1 Å². The van der Waals surface area contributed by atoms with E-state index in [1.54, 1.807) is 29.5 Å². The molecule has 0 bridgehead atoms. The second-order valence-corrected chi connectivity index (χ2v) is 7.63. The first-order valence-corrected chi connectivity index (χ1v) is 8.68. The number of rotatable bonds is 6. The Labute approximate surface area is 128 Å². The van der Waals surface area contributed by atoms with E-state index in [-0.39, 0.29) is 18.0 Å². The fraction of sp³-hybridized carbons (Fsp3) is 0.286. The molecule has 114 valence electrons. The minimum Gasteiger partial charge on any atom is -0.495 e. The highest BCUT2D eigenvalue weighted by Gasteiger charge is 2.20. The minimum atomic E-state index is -3.65. The van der Waals surface area contributed by atoms with Crippen LogP contribution in [0.25, 0.3) is 0 Å². The van der Waals surface area contributed by atoms with Crippen molar-refractivity contribution in [3.05, 3.63) is 45.6 Å². The van der Waals surface area contributed by atoms with Crippen LogP contribution in [0.5, 0.6) is 5.75 Å². The molecule has 3 N–H and O–H groups in total. The van der Waals surface area contributed by atoms with Crippen LogP contribution in [-0.4, -0.2) is 15.5 Å². The van der Waals surface area contributed by atoms with Crippen LogP contribution in [0.15, 0.2) is 35.2 Å². The predicted octanol–water partition coefficient (Wildman–Crippen LogP) is 2.00. The van der Waals surface area contributed by atoms with Gasteiger partial charge in [0.05, 0.1) is 7.11 Å². The van der Waals surface area contributed by atoms with Crippen molar-refractivity contribution >= 4 is 21.4 Å². The summed E-state index contributed by atoms with van der Waals surface area (Å²) in [4.78, 5) is 2.22. The molecule has 0 atom stereocenters. The van der Waals surface area contributed by atoms with Gasteiger partial charge in [-0.1, -0.05) is 6.07 Å². The van der Waals surface area contributed by atoms with Gasteiger partial charge in [0.2, 0.25) is 10.0 Å². The smallest absolute Gasteiger partial charge is 0.244 e. The van der Waals surface area contributed by atoms with Crippen LogP contribution >= 0.6 is 11.3 Å². The zero-order chi connectivity index (χ0) is 15.5. The van der Waals surface area contributed by atoms with Crippen LogP contribution in [0, 0.1) is 6.92 Å². The van der Waals surface area contributed by atoms with E-state index in [1.165, 1.54) is 7.11 Å². The number of ether oxygens (including phenoxy) is 1. The van der Waals surface area contributed by atoms with Gasteiger partial charge in [-0.25, -0.2) is 13.1 Å². The van der Waals surface area contributed by atoms with Gasteiger partial charge in [0.15, 0.2) is 0 Å². The first-order valence-electron chi connectivity index (χ1n) is 6.38. The van der Waals surface area contributed by atoms with Crippen molar-refractivity contribution in [3.8, 4) is 5.75 Å². The molecule has 0 aliphatic heterocycles. The molecule has 0 unspecified atom stereocenters. The molecule has 2 aromatic rings. The highest BCUT2D eigenvalue weighted by atomic mass is 32.2. The molecule has 0 saturated heterocycles. The fourth-order valence-corrected chi connectivity index (χ4v) is 4.03. The maximum atomic E-state index is 12.4. The number of nitrogens with two attached hydrogens (primary N) is 1. The Bertz CT molecular complexity index is 724. The van der Waals surface area contributed by atoms with Crippen LogP contribution in [0.2, 0.25) is 0 Å². The van der Waals surface area contributed by atoms with Gasteiger partial charge in [-0.15, -0.1) is 11.3 Å². The SMILES string of the molecule is COc1ccc(CN)cc1S(=O)(=O)NCc1ccc(C)s1. The maximum Gasteiger partial charge on any atom is 0.244 e. The summed E-state index contributed by atoms with van der Waals surface area (Å²) in [5, 5.41) is 0. The summed E-state index contributed by atoms with van der Waals surface area (Å²) in [6, 6.07) is 8.79. The van der Waals surface area contributed by atoms with Crippen LogP contribution < -0.4 is 15.2 Å². The summed E-state index contributed by atoms with van der Waals surface area (Å²) in [7, 11) is -2.20. The van der Waals surface area contributed by atoms with E-state index in [2.05, 4.69) is 4.72 Å². The minimum absolute atomic E-state index is 0.112. The number of benzene rings is 1. The highest BCUT2D eigenvalue weighted by Crippen LogP contribution is 2.25. The molecule has 0 saturated carbocycles. The third-order valence-corrected chi connectivity index (χ3v) is 5.41. The van der Waals surface area contributed by atoms with Crippen molar-refractivity contribution in [1.29, 1.82) is 0 Å². The van der Waals surface area contributed by atoms with Gasteiger partial charge in [0, 0.05) is 22.8 Å². The molecule has 0 spiro atoms. The normalized spacial score (nSPS) is 11.6. The average Bonchev–Trinajstić information content (AvgIpc) is 2.90. The molecule has 1 heterocycles. The largest absolute Gasteiger partial charge is 0.495 e. The maximum absolute atomic E-state index is 12.4. The molecule has 0 amide bonds. The number of aryl methyl sites for hydroxylation is 1. The Kier molecular flexibility index (Phi) is 5.00. The molecular formula is C14H18N2O3S2. The van der Waals surface area contributed by atoms with Crippen molar-refractivity contribution < 1.29 is 13.2 Å². The third-order valence-electron chi connectivity index (χ3n) is 2.99. The van der Waals surface area contributed by atoms with Crippen molar-refractivity contribution in [3.63, 3.8) is 0 Å². The summed E-state index contributed by atoms with van der Waals surface area (Å²) >= 11 is 1.56. The van der Waals surface area contributed by atoms with Crippen molar-refractivity contribution in [2.75, 3.05) is 7.11 Å². The Morgan fingerprint density at radius 1 is 1.29 bits per heavy atom. The summed E-state index contributed by atoms with van der Waals surface area (Å²) in [6.45, 7) is 2.52. The highest BCUT2D eigenvalue weighted by molar-refractivity contribution is 7.89. The van der Waals surface area contributed by atoms with Gasteiger partial charge in [0.25, 0.3) is 0 Å². The average molecular weight is 326 g/mol. The predicted molar refractivity (Wildman–Crippen MR) is 84.0 cm³/mol. The lowest BCUT2D eigenvalue weighted by Crippen LogP contribution is -2.23. The monoisotopic (exact) mass is 326 g/mol. The van der Waals surface area contributed by atoms with Crippen molar-refractivity contribution in [2.24, 2.45) is 5.73 Å². The number of hydrogen-bond acceptors (Lipinski definition) is 5. The molecule has 21 heavy (non-hydrogen) atoms. The van der Waals surface area contributed by atoms with Crippen molar-refractivity contribution in [1.82, 2.24) is 4.72 Å². The molecular weight excluding hydrogens is 308 g/mol. The third kappa shape index (κ3) is 3.82. The summed E-state index contributed by atoms with van der Waals surface area (Å²) < 4.78 is 32.6. The van der Waals surface area contributed by atoms with Gasteiger partial charge in [-0.05, 0) is 36.8 Å². The van der Waals surface area contributed by atoms with Gasteiger partial charge in [0.1, 0.15) is 10.6 Å². The molecule has 1 aromatic carbocycles. The Morgan fingerprint density at radius 2 is 2.05 bits per heavy atom. The van der Waals surface area contributed by atoms with E-state index < -0.39 is 10.0 Å². The Morgan fingerprint density at radius 3 is 2.62 bits per heavy atom. The quantitative estimate of drug-likeness (QED) is 0.851. The van der Waals surface area contributed by atoms with E-state index in [9.17, 15) is 8.42 Å². The Hall–Kier alpha value is -1.41. The molecule has 0 radical (unpaired) electrons. The van der Waals surface area contributed by atoms with Crippen LogP contribution in [0.1, 0.15) is 15.3 Å². The first kappa shape index (κ1) is 16.0. The van der Waals surface area contributed by atoms with E-state index in [4.69, 9.17) is 10.5 Å². The summed E-state index contributed by atoms with van der Waals surface area (Å²) in [5.74, 6) is 0.307. The molecule has 7 heteroatoms. The first-order chi connectivity index (χ1) is 9.96. The van der Waals surface area contributed by atoms with Gasteiger partial charge in [-0.2, -0.15) is 0 Å². The second kappa shape index (κ2) is 6.57. The molecule has 0 aliphatic carbocycles. The topological polar surface area (TPSA) is 81.4 Å². The summed E-state index contributed by atoms with van der Waals surface area (Å²) in [5.41, 5.74) is 6.31. The van der Waals surface area contributed by atoms with E-state index in [1.807, 2.05) is 19.1 Å². The van der Waals surface area contributed by atoms with Crippen molar-refractivity contribution in [2.45, 2.75) is 24.9 Å².